The minimum absolute atomic E-state index is 0.331. The molecule has 3 rings (SSSR count). The molecule has 130 valence electrons. The van der Waals surface area contributed by atoms with Gasteiger partial charge in [-0.1, -0.05) is 11.6 Å². The molecule has 0 aliphatic heterocycles. The van der Waals surface area contributed by atoms with E-state index in [-0.39, 0.29) is 0 Å². The molecule has 2 N–H and O–H groups in total. The molecular formula is C19H19ClN2O3. The van der Waals surface area contributed by atoms with Crippen LogP contribution in [0.15, 0.2) is 48.7 Å². The summed E-state index contributed by atoms with van der Waals surface area (Å²) in [5.74, 6) is 1.27. The Morgan fingerprint density at radius 1 is 1.08 bits per heavy atom. The highest BCUT2D eigenvalue weighted by molar-refractivity contribution is 6.31. The summed E-state index contributed by atoms with van der Waals surface area (Å²) in [4.78, 5) is 4.31. The fourth-order valence-corrected chi connectivity index (χ4v) is 2.79. The Bertz CT molecular complexity index is 863. The quantitative estimate of drug-likeness (QED) is 0.696. The molecule has 1 heterocycles. The van der Waals surface area contributed by atoms with Crippen LogP contribution in [0.25, 0.3) is 10.9 Å². The van der Waals surface area contributed by atoms with Crippen LogP contribution in [0.2, 0.25) is 5.02 Å². The first-order chi connectivity index (χ1) is 12.1. The number of aliphatic hydroxyl groups is 1. The van der Waals surface area contributed by atoms with Gasteiger partial charge in [0.15, 0.2) is 0 Å². The van der Waals surface area contributed by atoms with E-state index in [1.54, 1.807) is 38.6 Å². The number of methoxy groups -OCH3 is 2. The summed E-state index contributed by atoms with van der Waals surface area (Å²) in [5, 5.41) is 15.4. The lowest BCUT2D eigenvalue weighted by atomic mass is 10.1. The highest BCUT2D eigenvalue weighted by Crippen LogP contribution is 2.28. The number of pyridine rings is 1. The van der Waals surface area contributed by atoms with Crippen molar-refractivity contribution in [3.8, 4) is 11.5 Å². The Morgan fingerprint density at radius 2 is 1.80 bits per heavy atom. The molecule has 0 fully saturated rings. The maximum absolute atomic E-state index is 10.5. The van der Waals surface area contributed by atoms with Crippen molar-refractivity contribution in [3.05, 3.63) is 59.2 Å². The summed E-state index contributed by atoms with van der Waals surface area (Å²) >= 11 is 6.01. The Kier molecular flexibility index (Phi) is 5.26. The number of benzene rings is 2. The normalized spacial score (nSPS) is 12.0. The number of nitrogens with one attached hydrogen (secondary N) is 1. The average molecular weight is 359 g/mol. The number of aliphatic hydroxyl groups excluding tert-OH is 1. The topological polar surface area (TPSA) is 63.6 Å². The van der Waals surface area contributed by atoms with Gasteiger partial charge in [0.05, 0.1) is 25.8 Å². The monoisotopic (exact) mass is 358 g/mol. The third-order valence-corrected chi connectivity index (χ3v) is 4.18. The molecule has 1 aromatic heterocycles. The van der Waals surface area contributed by atoms with Crippen LogP contribution in [0.1, 0.15) is 11.7 Å². The zero-order valence-electron chi connectivity index (χ0n) is 14.0. The summed E-state index contributed by atoms with van der Waals surface area (Å²) in [6.45, 7) is 0.331. The number of anilines is 1. The molecule has 0 bridgehead atoms. The van der Waals surface area contributed by atoms with Gasteiger partial charge in [0.2, 0.25) is 0 Å². The van der Waals surface area contributed by atoms with Gasteiger partial charge in [0.25, 0.3) is 0 Å². The van der Waals surface area contributed by atoms with Gasteiger partial charge in [-0.15, -0.1) is 0 Å². The van der Waals surface area contributed by atoms with Gasteiger partial charge in [-0.3, -0.25) is 4.98 Å². The van der Waals surface area contributed by atoms with Gasteiger partial charge >= 0.3 is 0 Å². The SMILES string of the molecule is COc1cc(OC)cc(C(O)CNc2ccnc3cc(Cl)ccc23)c1. The molecule has 0 amide bonds. The van der Waals surface area contributed by atoms with Crippen LogP contribution in [-0.2, 0) is 0 Å². The van der Waals surface area contributed by atoms with Gasteiger partial charge in [-0.2, -0.15) is 0 Å². The predicted octanol–water partition coefficient (Wildman–Crippen LogP) is 4.05. The van der Waals surface area contributed by atoms with Crippen molar-refractivity contribution in [2.45, 2.75) is 6.10 Å². The van der Waals surface area contributed by atoms with Crippen LogP contribution in [0.5, 0.6) is 11.5 Å². The molecule has 0 aliphatic rings. The van der Waals surface area contributed by atoms with E-state index in [0.29, 0.717) is 28.6 Å². The Morgan fingerprint density at radius 3 is 2.48 bits per heavy atom. The van der Waals surface area contributed by atoms with Crippen LogP contribution in [-0.4, -0.2) is 30.9 Å². The van der Waals surface area contributed by atoms with Crippen molar-refractivity contribution in [3.63, 3.8) is 0 Å². The van der Waals surface area contributed by atoms with Crippen LogP contribution < -0.4 is 14.8 Å². The van der Waals surface area contributed by atoms with Crippen LogP contribution in [0.3, 0.4) is 0 Å². The number of hydrogen-bond donors (Lipinski definition) is 2. The Labute approximate surface area is 151 Å². The summed E-state index contributed by atoms with van der Waals surface area (Å²) < 4.78 is 10.5. The number of fused-ring (bicyclic) bond motifs is 1. The van der Waals surface area contributed by atoms with Crippen molar-refractivity contribution in [1.29, 1.82) is 0 Å². The molecule has 0 radical (unpaired) electrons. The van der Waals surface area contributed by atoms with E-state index in [1.807, 2.05) is 24.3 Å². The Balaban J connectivity index is 1.80. The molecule has 3 aromatic rings. The Hall–Kier alpha value is -2.50. The maximum Gasteiger partial charge on any atom is 0.122 e. The van der Waals surface area contributed by atoms with Crippen LogP contribution in [0, 0.1) is 0 Å². The largest absolute Gasteiger partial charge is 0.497 e. The van der Waals surface area contributed by atoms with Gasteiger partial charge in [-0.25, -0.2) is 0 Å². The first-order valence-electron chi connectivity index (χ1n) is 7.80. The van der Waals surface area contributed by atoms with Gasteiger partial charge < -0.3 is 19.9 Å². The molecule has 1 atom stereocenters. The molecule has 0 saturated carbocycles. The zero-order chi connectivity index (χ0) is 17.8. The molecule has 0 spiro atoms. The lowest BCUT2D eigenvalue weighted by molar-refractivity contribution is 0.190. The van der Waals surface area contributed by atoms with Crippen molar-refractivity contribution in [2.75, 3.05) is 26.1 Å². The van der Waals surface area contributed by atoms with E-state index in [0.717, 1.165) is 16.6 Å². The number of halogens is 1. The smallest absolute Gasteiger partial charge is 0.122 e. The van der Waals surface area contributed by atoms with Crippen molar-refractivity contribution in [1.82, 2.24) is 4.98 Å². The summed E-state index contributed by atoms with van der Waals surface area (Å²) in [7, 11) is 3.16. The summed E-state index contributed by atoms with van der Waals surface area (Å²) in [5.41, 5.74) is 2.40. The molecular weight excluding hydrogens is 340 g/mol. The number of aromatic nitrogens is 1. The highest BCUT2D eigenvalue weighted by atomic mass is 35.5. The summed E-state index contributed by atoms with van der Waals surface area (Å²) in [6, 6.07) is 12.8. The highest BCUT2D eigenvalue weighted by Gasteiger charge is 2.12. The molecule has 6 heteroatoms. The van der Waals surface area contributed by atoms with Crippen LogP contribution in [0.4, 0.5) is 5.69 Å². The molecule has 0 saturated heterocycles. The maximum atomic E-state index is 10.5. The van der Waals surface area contributed by atoms with E-state index in [1.165, 1.54) is 0 Å². The summed E-state index contributed by atoms with van der Waals surface area (Å²) in [6.07, 6.45) is 0.988. The van der Waals surface area contributed by atoms with E-state index < -0.39 is 6.10 Å². The van der Waals surface area contributed by atoms with Crippen molar-refractivity contribution < 1.29 is 14.6 Å². The second-order valence-electron chi connectivity index (χ2n) is 5.56. The van der Waals surface area contributed by atoms with E-state index in [4.69, 9.17) is 21.1 Å². The second-order valence-corrected chi connectivity index (χ2v) is 6.00. The standard InChI is InChI=1S/C19H19ClN2O3/c1-24-14-7-12(8-15(10-14)25-2)19(23)11-22-17-5-6-21-18-9-13(20)3-4-16(17)18/h3-10,19,23H,11H2,1-2H3,(H,21,22). The molecule has 25 heavy (non-hydrogen) atoms. The first-order valence-corrected chi connectivity index (χ1v) is 8.17. The minimum atomic E-state index is -0.723. The zero-order valence-corrected chi connectivity index (χ0v) is 14.7. The lowest BCUT2D eigenvalue weighted by Gasteiger charge is -2.16. The predicted molar refractivity (Wildman–Crippen MR) is 99.7 cm³/mol. The van der Waals surface area contributed by atoms with Crippen LogP contribution >= 0.6 is 11.6 Å². The van der Waals surface area contributed by atoms with Gasteiger partial charge in [-0.05, 0) is 42.0 Å². The number of ether oxygens (including phenoxy) is 2. The molecule has 0 aliphatic carbocycles. The molecule has 5 nitrogen and oxygen atoms in total. The number of hydrogen-bond acceptors (Lipinski definition) is 5. The molecule has 2 aromatic carbocycles. The van der Waals surface area contributed by atoms with Gasteiger partial charge in [0, 0.05) is 34.9 Å². The van der Waals surface area contributed by atoms with Crippen molar-refractivity contribution in [2.24, 2.45) is 0 Å². The third-order valence-electron chi connectivity index (χ3n) is 3.95. The van der Waals surface area contributed by atoms with E-state index in [9.17, 15) is 5.11 Å². The lowest BCUT2D eigenvalue weighted by Crippen LogP contribution is -2.12. The van der Waals surface area contributed by atoms with E-state index >= 15 is 0 Å². The number of nitrogens with zero attached hydrogens (tertiary/aromatic N) is 1. The third kappa shape index (κ3) is 3.95. The fourth-order valence-electron chi connectivity index (χ4n) is 2.62. The molecule has 1 unspecified atom stereocenters. The minimum Gasteiger partial charge on any atom is -0.497 e. The first kappa shape index (κ1) is 17.3. The second kappa shape index (κ2) is 7.59. The van der Waals surface area contributed by atoms with Gasteiger partial charge in [0.1, 0.15) is 11.5 Å². The average Bonchev–Trinajstić information content (AvgIpc) is 2.65. The number of rotatable bonds is 6. The van der Waals surface area contributed by atoms with E-state index in [2.05, 4.69) is 10.3 Å². The fraction of sp³-hybridized carbons (Fsp3) is 0.211. The van der Waals surface area contributed by atoms with Crippen molar-refractivity contribution >= 4 is 28.2 Å².